The van der Waals surface area contributed by atoms with Gasteiger partial charge in [0, 0.05) is 17.8 Å². The summed E-state index contributed by atoms with van der Waals surface area (Å²) in [4.78, 5) is 35.3. The zero-order valence-electron chi connectivity index (χ0n) is 15.3. The summed E-state index contributed by atoms with van der Waals surface area (Å²) in [6, 6.07) is 13.1. The first-order chi connectivity index (χ1) is 12.9. The number of methoxy groups -OCH3 is 1. The molecule has 0 bridgehead atoms. The van der Waals surface area contributed by atoms with Crippen LogP contribution in [-0.2, 0) is 14.3 Å². The Morgan fingerprint density at radius 3 is 2.26 bits per heavy atom. The fraction of sp³-hybridized carbons (Fsp3) is 0.250. The Kier molecular flexibility index (Phi) is 7.08. The maximum atomic E-state index is 12.3. The molecule has 27 heavy (non-hydrogen) atoms. The van der Waals surface area contributed by atoms with Crippen LogP contribution in [0.15, 0.2) is 48.5 Å². The highest BCUT2D eigenvalue weighted by Crippen LogP contribution is 2.15. The number of ether oxygens (including phenoxy) is 1. The number of anilines is 1. The average molecular weight is 369 g/mol. The largest absolute Gasteiger partial charge is 0.469 e. The molecule has 2 aromatic carbocycles. The zero-order chi connectivity index (χ0) is 19.8. The van der Waals surface area contributed by atoms with Crippen LogP contribution in [0.3, 0.4) is 0 Å². The standard InChI is InChI=1S/C20H23N3O4/c1-13-3-5-14(6-4-13)18(21)20(26)23-16-9-7-15(8-10-16)19(25)22-12-11-17(24)27-2/h3-10,18H,11-12,21H2,1-2H3,(H,22,25)(H,23,26). The summed E-state index contributed by atoms with van der Waals surface area (Å²) in [6.07, 6.45) is 0.104. The molecule has 0 spiro atoms. The molecule has 4 N–H and O–H groups in total. The third-order valence-corrected chi connectivity index (χ3v) is 3.98. The van der Waals surface area contributed by atoms with Gasteiger partial charge in [-0.25, -0.2) is 0 Å². The Morgan fingerprint density at radius 1 is 1.04 bits per heavy atom. The lowest BCUT2D eigenvalue weighted by Gasteiger charge is -2.13. The van der Waals surface area contributed by atoms with Crippen LogP contribution in [0.5, 0.6) is 0 Å². The average Bonchev–Trinajstić information content (AvgIpc) is 2.68. The summed E-state index contributed by atoms with van der Waals surface area (Å²) in [5.74, 6) is -1.04. The van der Waals surface area contributed by atoms with Crippen LogP contribution in [0, 0.1) is 6.92 Å². The highest BCUT2D eigenvalue weighted by molar-refractivity contribution is 5.97. The van der Waals surface area contributed by atoms with Gasteiger partial charge in [-0.15, -0.1) is 0 Å². The van der Waals surface area contributed by atoms with Gasteiger partial charge in [0.1, 0.15) is 6.04 Å². The second-order valence-electron chi connectivity index (χ2n) is 6.04. The van der Waals surface area contributed by atoms with Crippen molar-refractivity contribution in [2.45, 2.75) is 19.4 Å². The Balaban J connectivity index is 1.90. The van der Waals surface area contributed by atoms with Gasteiger partial charge >= 0.3 is 5.97 Å². The molecule has 0 aliphatic carbocycles. The number of carbonyl (C=O) groups is 3. The number of amides is 2. The molecule has 1 unspecified atom stereocenters. The van der Waals surface area contributed by atoms with Crippen molar-refractivity contribution in [1.29, 1.82) is 0 Å². The van der Waals surface area contributed by atoms with Crippen molar-refractivity contribution < 1.29 is 19.1 Å². The first-order valence-corrected chi connectivity index (χ1v) is 8.49. The second-order valence-corrected chi connectivity index (χ2v) is 6.04. The highest BCUT2D eigenvalue weighted by atomic mass is 16.5. The van der Waals surface area contributed by atoms with Gasteiger partial charge in [-0.2, -0.15) is 0 Å². The Hall–Kier alpha value is -3.19. The minimum absolute atomic E-state index is 0.104. The number of aryl methyl sites for hydroxylation is 1. The lowest BCUT2D eigenvalue weighted by Crippen LogP contribution is -2.28. The smallest absolute Gasteiger partial charge is 0.307 e. The monoisotopic (exact) mass is 369 g/mol. The predicted octanol–water partition coefficient (Wildman–Crippen LogP) is 1.93. The molecule has 2 amide bonds. The molecule has 0 heterocycles. The maximum absolute atomic E-state index is 12.3. The van der Waals surface area contributed by atoms with Gasteiger partial charge in [0.05, 0.1) is 13.5 Å². The van der Waals surface area contributed by atoms with Crippen LogP contribution in [0.4, 0.5) is 5.69 Å². The number of benzene rings is 2. The molecule has 142 valence electrons. The minimum Gasteiger partial charge on any atom is -0.469 e. The van der Waals surface area contributed by atoms with E-state index >= 15 is 0 Å². The van der Waals surface area contributed by atoms with Gasteiger partial charge in [-0.1, -0.05) is 29.8 Å². The van der Waals surface area contributed by atoms with Gasteiger partial charge in [-0.3, -0.25) is 14.4 Å². The van der Waals surface area contributed by atoms with Crippen LogP contribution in [0.1, 0.15) is 33.9 Å². The summed E-state index contributed by atoms with van der Waals surface area (Å²) in [6.45, 7) is 2.15. The minimum atomic E-state index is -0.785. The summed E-state index contributed by atoms with van der Waals surface area (Å²) >= 11 is 0. The molecular weight excluding hydrogens is 346 g/mol. The number of carbonyl (C=O) groups excluding carboxylic acids is 3. The summed E-state index contributed by atoms with van der Waals surface area (Å²) in [5.41, 5.74) is 8.76. The van der Waals surface area contributed by atoms with Crippen molar-refractivity contribution >= 4 is 23.5 Å². The molecule has 0 radical (unpaired) electrons. The van der Waals surface area contributed by atoms with E-state index < -0.39 is 12.0 Å². The van der Waals surface area contributed by atoms with Crippen LogP contribution < -0.4 is 16.4 Å². The fourth-order valence-electron chi connectivity index (χ4n) is 2.33. The Labute approximate surface area is 157 Å². The SMILES string of the molecule is COC(=O)CCNC(=O)c1ccc(NC(=O)C(N)c2ccc(C)cc2)cc1. The number of hydrogen-bond acceptors (Lipinski definition) is 5. The Morgan fingerprint density at radius 2 is 1.67 bits per heavy atom. The Bertz CT molecular complexity index is 801. The van der Waals surface area contributed by atoms with Crippen molar-refractivity contribution in [2.75, 3.05) is 19.0 Å². The van der Waals surface area contributed by atoms with E-state index in [1.54, 1.807) is 24.3 Å². The van der Waals surface area contributed by atoms with E-state index in [0.717, 1.165) is 11.1 Å². The molecule has 2 rings (SSSR count). The number of nitrogens with one attached hydrogen (secondary N) is 2. The van der Waals surface area contributed by atoms with E-state index in [0.29, 0.717) is 11.3 Å². The first kappa shape index (κ1) is 20.1. The maximum Gasteiger partial charge on any atom is 0.307 e. The van der Waals surface area contributed by atoms with Gasteiger partial charge in [0.25, 0.3) is 5.91 Å². The van der Waals surface area contributed by atoms with Crippen LogP contribution in [0.2, 0.25) is 0 Å². The lowest BCUT2D eigenvalue weighted by atomic mass is 10.1. The van der Waals surface area contributed by atoms with Gasteiger partial charge < -0.3 is 21.1 Å². The van der Waals surface area contributed by atoms with Crippen LogP contribution in [-0.4, -0.2) is 31.4 Å². The molecule has 7 heteroatoms. The van der Waals surface area contributed by atoms with E-state index in [-0.39, 0.29) is 24.8 Å². The quantitative estimate of drug-likeness (QED) is 0.646. The number of esters is 1. The van der Waals surface area contributed by atoms with E-state index in [2.05, 4.69) is 15.4 Å². The van der Waals surface area contributed by atoms with E-state index in [4.69, 9.17) is 5.73 Å². The van der Waals surface area contributed by atoms with Gasteiger partial charge in [-0.05, 0) is 36.8 Å². The summed E-state index contributed by atoms with van der Waals surface area (Å²) < 4.78 is 4.51. The number of nitrogens with two attached hydrogens (primary N) is 1. The predicted molar refractivity (Wildman–Crippen MR) is 102 cm³/mol. The van der Waals surface area contributed by atoms with Crippen molar-refractivity contribution in [3.63, 3.8) is 0 Å². The molecule has 0 saturated carbocycles. The molecule has 7 nitrogen and oxygen atoms in total. The van der Waals surface area contributed by atoms with E-state index in [1.807, 2.05) is 31.2 Å². The second kappa shape index (κ2) is 9.49. The highest BCUT2D eigenvalue weighted by Gasteiger charge is 2.16. The third-order valence-electron chi connectivity index (χ3n) is 3.98. The molecule has 0 fully saturated rings. The van der Waals surface area contributed by atoms with Crippen LogP contribution >= 0.6 is 0 Å². The lowest BCUT2D eigenvalue weighted by molar-refractivity contribution is -0.140. The summed E-state index contributed by atoms with van der Waals surface area (Å²) in [5, 5.41) is 5.35. The molecule has 0 aliphatic rings. The number of hydrogen-bond donors (Lipinski definition) is 3. The van der Waals surface area contributed by atoms with Crippen molar-refractivity contribution in [1.82, 2.24) is 5.32 Å². The van der Waals surface area contributed by atoms with E-state index in [1.165, 1.54) is 7.11 Å². The summed E-state index contributed by atoms with van der Waals surface area (Å²) in [7, 11) is 1.29. The van der Waals surface area contributed by atoms with Gasteiger partial charge in [0.15, 0.2) is 0 Å². The number of rotatable bonds is 7. The van der Waals surface area contributed by atoms with Crippen molar-refractivity contribution in [2.24, 2.45) is 5.73 Å². The van der Waals surface area contributed by atoms with Crippen molar-refractivity contribution in [3.05, 3.63) is 65.2 Å². The molecular formula is C20H23N3O4. The topological polar surface area (TPSA) is 111 Å². The molecule has 0 aliphatic heterocycles. The van der Waals surface area contributed by atoms with Crippen LogP contribution in [0.25, 0.3) is 0 Å². The normalized spacial score (nSPS) is 11.4. The molecule has 2 aromatic rings. The van der Waals surface area contributed by atoms with Gasteiger partial charge in [0.2, 0.25) is 5.91 Å². The van der Waals surface area contributed by atoms with Crippen molar-refractivity contribution in [3.8, 4) is 0 Å². The molecule has 0 aromatic heterocycles. The zero-order valence-corrected chi connectivity index (χ0v) is 15.3. The molecule has 1 atom stereocenters. The first-order valence-electron chi connectivity index (χ1n) is 8.49. The van der Waals surface area contributed by atoms with E-state index in [9.17, 15) is 14.4 Å². The fourth-order valence-corrected chi connectivity index (χ4v) is 2.33. The third kappa shape index (κ3) is 5.93. The molecule has 0 saturated heterocycles.